The summed E-state index contributed by atoms with van der Waals surface area (Å²) in [4.78, 5) is 48.8. The Bertz CT molecular complexity index is 1950. The van der Waals surface area contributed by atoms with Crippen LogP contribution in [0.25, 0.3) is 12.2 Å². The van der Waals surface area contributed by atoms with E-state index in [4.69, 9.17) is 0 Å². The topological polar surface area (TPSA) is 176 Å². The molecule has 0 spiro atoms. The summed E-state index contributed by atoms with van der Waals surface area (Å²) < 4.78 is 3.17. The molecule has 0 bridgehead atoms. The zero-order valence-corrected chi connectivity index (χ0v) is 27.2. The number of fused-ring (bicyclic) bond motifs is 1. The van der Waals surface area contributed by atoms with Gasteiger partial charge in [0.25, 0.3) is 23.9 Å². The first-order valence-corrected chi connectivity index (χ1v) is 15.4. The predicted molar refractivity (Wildman–Crippen MR) is 190 cm³/mol. The third-order valence-corrected chi connectivity index (χ3v) is 7.66. The molecule has 1 aliphatic heterocycles. The first-order valence-electron chi connectivity index (χ1n) is 15.4. The van der Waals surface area contributed by atoms with Crippen molar-refractivity contribution in [3.05, 3.63) is 135 Å². The second kappa shape index (κ2) is 15.3. The molecule has 0 radical (unpaired) electrons. The maximum atomic E-state index is 13.1. The number of benzene rings is 2. The molecule has 4 aromatic rings. The van der Waals surface area contributed by atoms with Crippen molar-refractivity contribution in [1.29, 1.82) is 0 Å². The van der Waals surface area contributed by atoms with E-state index in [0.717, 1.165) is 23.0 Å². The molecular formula is C35H37N9O5. The molecule has 6 N–H and O–H groups in total. The van der Waals surface area contributed by atoms with E-state index in [1.165, 1.54) is 6.07 Å². The van der Waals surface area contributed by atoms with Crippen molar-refractivity contribution in [2.45, 2.75) is 6.04 Å². The van der Waals surface area contributed by atoms with Gasteiger partial charge in [0.05, 0.1) is 22.3 Å². The number of hydrogen-bond donors (Lipinski definition) is 6. The minimum atomic E-state index is -0.587. The Labute approximate surface area is 282 Å². The molecule has 49 heavy (non-hydrogen) atoms. The van der Waals surface area contributed by atoms with E-state index in [0.29, 0.717) is 28.3 Å². The summed E-state index contributed by atoms with van der Waals surface area (Å²) in [5, 5.41) is 27.9. The van der Waals surface area contributed by atoms with E-state index < -0.39 is 10.8 Å². The zero-order chi connectivity index (χ0) is 34.9. The van der Waals surface area contributed by atoms with Crippen molar-refractivity contribution >= 4 is 46.9 Å². The Balaban J connectivity index is 1.12. The molecular weight excluding hydrogens is 626 g/mol. The van der Waals surface area contributed by atoms with Gasteiger partial charge in [-0.15, -0.1) is 0 Å². The average molecular weight is 664 g/mol. The molecule has 1 aliphatic rings. The molecule has 0 saturated heterocycles. The molecule has 0 fully saturated rings. The number of carbonyl (C=O) groups is 3. The number of anilines is 3. The highest BCUT2D eigenvalue weighted by molar-refractivity contribution is 6.07. The highest BCUT2D eigenvalue weighted by Gasteiger charge is 2.17. The third-order valence-electron chi connectivity index (χ3n) is 7.66. The van der Waals surface area contributed by atoms with E-state index in [1.807, 2.05) is 36.4 Å². The van der Waals surface area contributed by atoms with Crippen molar-refractivity contribution in [3.63, 3.8) is 0 Å². The van der Waals surface area contributed by atoms with E-state index in [1.54, 1.807) is 60.9 Å². The van der Waals surface area contributed by atoms with Crippen LogP contribution in [0.2, 0.25) is 0 Å². The Morgan fingerprint density at radius 3 is 2.18 bits per heavy atom. The quantitative estimate of drug-likeness (QED) is 0.0707. The fourth-order valence-corrected chi connectivity index (χ4v) is 5.16. The number of amides is 3. The molecule has 2 aromatic carbocycles. The summed E-state index contributed by atoms with van der Waals surface area (Å²) in [7, 11) is 4.91. The Kier molecular flexibility index (Phi) is 10.6. The van der Waals surface area contributed by atoms with Crippen LogP contribution >= 0.6 is 0 Å². The fourth-order valence-electron chi connectivity index (χ4n) is 5.16. The molecule has 2 aromatic heterocycles. The van der Waals surface area contributed by atoms with Gasteiger partial charge < -0.3 is 41.0 Å². The lowest BCUT2D eigenvalue weighted by Gasteiger charge is -2.19. The highest BCUT2D eigenvalue weighted by atomic mass is 16.6. The summed E-state index contributed by atoms with van der Waals surface area (Å²) in [6, 6.07) is 18.5. The van der Waals surface area contributed by atoms with Gasteiger partial charge >= 0.3 is 0 Å². The van der Waals surface area contributed by atoms with Crippen LogP contribution in [0.15, 0.2) is 97.2 Å². The van der Waals surface area contributed by atoms with E-state index in [2.05, 4.69) is 56.2 Å². The second-order valence-electron chi connectivity index (χ2n) is 11.2. The number of aromatic nitrogens is 2. The van der Waals surface area contributed by atoms with Gasteiger partial charge in [-0.05, 0) is 41.5 Å². The van der Waals surface area contributed by atoms with E-state index in [9.17, 15) is 24.5 Å². The second-order valence-corrected chi connectivity index (χ2v) is 11.2. The average Bonchev–Trinajstić information content (AvgIpc) is 3.65. The predicted octanol–water partition coefficient (Wildman–Crippen LogP) is 4.00. The number of aryl methyl sites for hydroxylation is 2. The van der Waals surface area contributed by atoms with Gasteiger partial charge in [0, 0.05) is 57.9 Å². The van der Waals surface area contributed by atoms with Gasteiger partial charge in [-0.2, -0.15) is 0 Å². The molecule has 0 aliphatic carbocycles. The maximum Gasteiger partial charge on any atom is 0.274 e. The van der Waals surface area contributed by atoms with Gasteiger partial charge in [-0.25, -0.2) is 0 Å². The van der Waals surface area contributed by atoms with Crippen LogP contribution in [0.5, 0.6) is 0 Å². The monoisotopic (exact) mass is 663 g/mol. The van der Waals surface area contributed by atoms with Crippen molar-refractivity contribution in [1.82, 2.24) is 25.1 Å². The van der Waals surface area contributed by atoms with E-state index in [-0.39, 0.29) is 36.8 Å². The van der Waals surface area contributed by atoms with E-state index >= 15 is 0 Å². The van der Waals surface area contributed by atoms with Crippen LogP contribution < -0.4 is 31.9 Å². The fraction of sp³-hybridized carbons (Fsp3) is 0.171. The third kappa shape index (κ3) is 8.83. The standard InChI is InChI=1S/C35H37N9O5/c1-36-32(22-44(48)49)37-16-17-38-34(46)30-18-28(21-42(30)2)41-35(47)31-19-27(20-43(31)3)40-33(45)25-11-8-23(9-12-25)10-14-26-15-13-24-6-4-5-7-29(24)39-26/h4-15,18-22,26,36-37,39H,16-17H2,1-3H3,(H,38,46)(H,40,45)(H,41,47)/b14-10+,32-22+. The van der Waals surface area contributed by atoms with Gasteiger partial charge in [-0.3, -0.25) is 24.5 Å². The normalized spacial score (nSPS) is 13.7. The summed E-state index contributed by atoms with van der Waals surface area (Å²) in [6.07, 6.45) is 12.3. The van der Waals surface area contributed by atoms with Crippen LogP contribution in [0.1, 0.15) is 42.5 Å². The van der Waals surface area contributed by atoms with Crippen LogP contribution in [-0.2, 0) is 14.1 Å². The van der Waals surface area contributed by atoms with Crippen molar-refractivity contribution in [2.24, 2.45) is 14.1 Å². The molecule has 14 nitrogen and oxygen atoms in total. The molecule has 3 amide bonds. The molecule has 1 unspecified atom stereocenters. The van der Waals surface area contributed by atoms with Crippen molar-refractivity contribution in [2.75, 3.05) is 36.1 Å². The number of nitrogens with one attached hydrogen (secondary N) is 6. The minimum Gasteiger partial charge on any atom is -0.375 e. The van der Waals surface area contributed by atoms with Crippen LogP contribution in [0, 0.1) is 10.1 Å². The largest absolute Gasteiger partial charge is 0.375 e. The number of rotatable bonds is 13. The van der Waals surface area contributed by atoms with Gasteiger partial charge in [0.1, 0.15) is 11.4 Å². The number of nitrogens with zero attached hydrogens (tertiary/aromatic N) is 3. The molecule has 252 valence electrons. The highest BCUT2D eigenvalue weighted by Crippen LogP contribution is 2.23. The van der Waals surface area contributed by atoms with Crippen LogP contribution in [0.3, 0.4) is 0 Å². The lowest BCUT2D eigenvalue weighted by Crippen LogP contribution is -2.34. The maximum absolute atomic E-state index is 13.1. The summed E-state index contributed by atoms with van der Waals surface area (Å²) in [5.74, 6) is -0.913. The molecule has 5 rings (SSSR count). The zero-order valence-electron chi connectivity index (χ0n) is 27.2. The Hall–Kier alpha value is -6.57. The lowest BCUT2D eigenvalue weighted by molar-refractivity contribution is -0.404. The molecule has 1 atom stereocenters. The minimum absolute atomic E-state index is 0.0611. The Morgan fingerprint density at radius 2 is 1.51 bits per heavy atom. The SMILES string of the molecule is CN/C(=C\[N+](=O)[O-])NCCNC(=O)c1cc(NC(=O)c2cc(NC(=O)c3ccc(/C=C/C4C=Cc5ccccc5N4)cc3)cn2C)cn1C. The number of para-hydroxylation sites is 1. The number of hydrogen-bond acceptors (Lipinski definition) is 8. The number of nitro groups is 1. The van der Waals surface area contributed by atoms with Crippen molar-refractivity contribution < 1.29 is 19.3 Å². The molecule has 0 saturated carbocycles. The van der Waals surface area contributed by atoms with Gasteiger partial charge in [-0.1, -0.05) is 54.6 Å². The van der Waals surface area contributed by atoms with Crippen molar-refractivity contribution in [3.8, 4) is 0 Å². The van der Waals surface area contributed by atoms with Gasteiger partial charge in [0.15, 0.2) is 5.82 Å². The molecule has 3 heterocycles. The Morgan fingerprint density at radius 1 is 0.878 bits per heavy atom. The lowest BCUT2D eigenvalue weighted by atomic mass is 10.0. The molecule has 14 heteroatoms. The number of carbonyl (C=O) groups excluding carboxylic acids is 3. The first kappa shape index (κ1) is 33.8. The van der Waals surface area contributed by atoms with Crippen LogP contribution in [-0.4, -0.2) is 58.0 Å². The summed E-state index contributed by atoms with van der Waals surface area (Å²) >= 11 is 0. The first-order chi connectivity index (χ1) is 23.6. The van der Waals surface area contributed by atoms with Crippen LogP contribution in [0.4, 0.5) is 17.1 Å². The summed E-state index contributed by atoms with van der Waals surface area (Å²) in [5.41, 5.74) is 5.12. The van der Waals surface area contributed by atoms with Gasteiger partial charge in [0.2, 0.25) is 0 Å². The summed E-state index contributed by atoms with van der Waals surface area (Å²) in [6.45, 7) is 0.453. The smallest absolute Gasteiger partial charge is 0.274 e.